The number of hydrogen-bond donors (Lipinski definition) is 2. The first kappa shape index (κ1) is 24.1. The molecule has 1 aliphatic carbocycles. The largest absolute Gasteiger partial charge is 0.488 e. The van der Waals surface area contributed by atoms with Gasteiger partial charge in [0.25, 0.3) is 5.91 Å². The first-order valence-electron chi connectivity index (χ1n) is 11.8. The Bertz CT molecular complexity index is 995. The van der Waals surface area contributed by atoms with E-state index in [0.29, 0.717) is 23.5 Å². The number of tetrazole rings is 1. The van der Waals surface area contributed by atoms with Crippen LogP contribution in [0.3, 0.4) is 0 Å². The number of ether oxygens (including phenoxy) is 1. The number of hydrogen-bond acceptors (Lipinski definition) is 8. The Hall–Kier alpha value is -3.05. The molecule has 0 unspecified atom stereocenters. The normalized spacial score (nSPS) is 21.4. The summed E-state index contributed by atoms with van der Waals surface area (Å²) in [5, 5.41) is 23.3. The number of amides is 2. The van der Waals surface area contributed by atoms with Gasteiger partial charge in [-0.25, -0.2) is 4.68 Å². The fraction of sp³-hybridized carbons (Fsp3) is 0.609. The summed E-state index contributed by atoms with van der Waals surface area (Å²) in [5.74, 6) is 0.775. The zero-order chi connectivity index (χ0) is 24.2. The lowest BCUT2D eigenvalue weighted by atomic mass is 9.99. The second-order valence-corrected chi connectivity index (χ2v) is 9.55. The van der Waals surface area contributed by atoms with Gasteiger partial charge in [-0.3, -0.25) is 9.59 Å². The van der Waals surface area contributed by atoms with Crippen LogP contribution in [-0.2, 0) is 11.3 Å². The molecular weight excluding hydrogens is 438 g/mol. The Labute approximate surface area is 199 Å². The van der Waals surface area contributed by atoms with Crippen molar-refractivity contribution < 1.29 is 19.4 Å². The second-order valence-electron chi connectivity index (χ2n) is 9.55. The van der Waals surface area contributed by atoms with Crippen molar-refractivity contribution in [3.05, 3.63) is 30.1 Å². The summed E-state index contributed by atoms with van der Waals surface area (Å²) in [5.41, 5.74) is 0.837. The Morgan fingerprint density at radius 3 is 2.82 bits per heavy atom. The number of nitrogens with zero attached hydrogens (tertiary/aromatic N) is 6. The van der Waals surface area contributed by atoms with E-state index in [2.05, 4.69) is 39.7 Å². The standard InChI is InChI=1S/C23H33N7O4/c1-15-9-30(16(2)13-31)23(33)19-8-18(25-22(32)12-29-14-24-26-27-29)6-7-20(19)34-21(15)11-28(3)10-17-4-5-17/h6-8,14-17,21,31H,4-5,9-13H2,1-3H3,(H,25,32)/t15-,16-,21-/m0/s1. The van der Waals surface area contributed by atoms with Crippen molar-refractivity contribution in [1.29, 1.82) is 0 Å². The summed E-state index contributed by atoms with van der Waals surface area (Å²) in [6.07, 6.45) is 3.80. The van der Waals surface area contributed by atoms with Gasteiger partial charge in [0, 0.05) is 31.2 Å². The molecule has 1 saturated carbocycles. The fourth-order valence-corrected chi connectivity index (χ4v) is 4.24. The number of carbonyl (C=O) groups is 2. The highest BCUT2D eigenvalue weighted by Gasteiger charge is 2.34. The van der Waals surface area contributed by atoms with Crippen LogP contribution in [-0.4, -0.2) is 92.4 Å². The number of aliphatic hydroxyl groups is 1. The number of aromatic nitrogens is 4. The van der Waals surface area contributed by atoms with E-state index in [1.807, 2.05) is 6.92 Å². The zero-order valence-electron chi connectivity index (χ0n) is 19.9. The van der Waals surface area contributed by atoms with Crippen LogP contribution in [0.1, 0.15) is 37.0 Å². The maximum Gasteiger partial charge on any atom is 0.258 e. The minimum atomic E-state index is -0.344. The molecule has 0 radical (unpaired) electrons. The van der Waals surface area contributed by atoms with Gasteiger partial charge in [0.15, 0.2) is 0 Å². The predicted molar refractivity (Wildman–Crippen MR) is 124 cm³/mol. The number of likely N-dealkylation sites (N-methyl/N-ethyl adjacent to an activating group) is 1. The maximum atomic E-state index is 13.5. The molecule has 0 bridgehead atoms. The molecule has 1 fully saturated rings. The summed E-state index contributed by atoms with van der Waals surface area (Å²) in [6.45, 7) is 5.99. The van der Waals surface area contributed by atoms with Crippen molar-refractivity contribution >= 4 is 17.5 Å². The number of carbonyl (C=O) groups excluding carboxylic acids is 2. The fourth-order valence-electron chi connectivity index (χ4n) is 4.24. The van der Waals surface area contributed by atoms with Crippen LogP contribution in [0.25, 0.3) is 0 Å². The van der Waals surface area contributed by atoms with Crippen LogP contribution in [0.4, 0.5) is 5.69 Å². The van der Waals surface area contributed by atoms with Crippen molar-refractivity contribution in [1.82, 2.24) is 30.0 Å². The van der Waals surface area contributed by atoms with E-state index in [-0.39, 0.29) is 43.0 Å². The van der Waals surface area contributed by atoms with Crippen LogP contribution in [0.5, 0.6) is 5.75 Å². The van der Waals surface area contributed by atoms with Crippen molar-refractivity contribution in [2.45, 2.75) is 45.4 Å². The molecule has 11 heteroatoms. The number of nitrogens with one attached hydrogen (secondary N) is 1. The molecule has 1 aliphatic heterocycles. The summed E-state index contributed by atoms with van der Waals surface area (Å²) in [6, 6.07) is 4.74. The van der Waals surface area contributed by atoms with E-state index in [1.54, 1.807) is 23.1 Å². The summed E-state index contributed by atoms with van der Waals surface area (Å²) in [4.78, 5) is 29.9. The molecule has 2 N–H and O–H groups in total. The highest BCUT2D eigenvalue weighted by Crippen LogP contribution is 2.32. The number of anilines is 1. The predicted octanol–water partition coefficient (Wildman–Crippen LogP) is 0.874. The summed E-state index contributed by atoms with van der Waals surface area (Å²) >= 11 is 0. The Morgan fingerprint density at radius 1 is 1.35 bits per heavy atom. The lowest BCUT2D eigenvalue weighted by Gasteiger charge is -2.38. The Morgan fingerprint density at radius 2 is 2.15 bits per heavy atom. The van der Waals surface area contributed by atoms with E-state index < -0.39 is 0 Å². The third kappa shape index (κ3) is 5.89. The number of aliphatic hydroxyl groups excluding tert-OH is 1. The highest BCUT2D eigenvalue weighted by atomic mass is 16.5. The number of fused-ring (bicyclic) bond motifs is 1. The average molecular weight is 472 g/mol. The molecule has 2 aromatic rings. The third-order valence-corrected chi connectivity index (χ3v) is 6.40. The maximum absolute atomic E-state index is 13.5. The number of benzene rings is 1. The molecule has 2 amide bonds. The molecule has 4 rings (SSSR count). The minimum Gasteiger partial charge on any atom is -0.488 e. The SMILES string of the molecule is C[C@H]1CN([C@@H](C)CO)C(=O)c2cc(NC(=O)Cn3cnnn3)ccc2O[C@H]1CN(C)CC1CC1. The average Bonchev–Trinajstić information content (AvgIpc) is 3.47. The van der Waals surface area contributed by atoms with Crippen LogP contribution in [0, 0.1) is 11.8 Å². The summed E-state index contributed by atoms with van der Waals surface area (Å²) < 4.78 is 7.72. The molecule has 184 valence electrons. The van der Waals surface area contributed by atoms with Crippen LogP contribution >= 0.6 is 0 Å². The van der Waals surface area contributed by atoms with Gasteiger partial charge in [0.2, 0.25) is 5.91 Å². The minimum absolute atomic E-state index is 0.0465. The van der Waals surface area contributed by atoms with E-state index in [9.17, 15) is 14.7 Å². The van der Waals surface area contributed by atoms with Gasteiger partial charge in [-0.2, -0.15) is 0 Å². The van der Waals surface area contributed by atoms with Gasteiger partial charge in [-0.1, -0.05) is 6.92 Å². The van der Waals surface area contributed by atoms with Crippen molar-refractivity contribution in [3.8, 4) is 5.75 Å². The first-order chi connectivity index (χ1) is 16.3. The lowest BCUT2D eigenvalue weighted by molar-refractivity contribution is -0.116. The molecular formula is C23H33N7O4. The summed E-state index contributed by atoms with van der Waals surface area (Å²) in [7, 11) is 2.11. The molecule has 34 heavy (non-hydrogen) atoms. The smallest absolute Gasteiger partial charge is 0.258 e. The molecule has 11 nitrogen and oxygen atoms in total. The van der Waals surface area contributed by atoms with Crippen molar-refractivity contribution in [2.24, 2.45) is 11.8 Å². The Balaban J connectivity index is 1.57. The van der Waals surface area contributed by atoms with Gasteiger partial charge in [0.05, 0.1) is 18.2 Å². The molecule has 0 spiro atoms. The van der Waals surface area contributed by atoms with Crippen LogP contribution in [0.2, 0.25) is 0 Å². The highest BCUT2D eigenvalue weighted by molar-refractivity contribution is 5.99. The second kappa shape index (κ2) is 10.5. The molecule has 2 heterocycles. The third-order valence-electron chi connectivity index (χ3n) is 6.40. The van der Waals surface area contributed by atoms with E-state index in [4.69, 9.17) is 4.74 Å². The van der Waals surface area contributed by atoms with Gasteiger partial charge >= 0.3 is 0 Å². The lowest BCUT2D eigenvalue weighted by Crippen LogP contribution is -2.50. The first-order valence-corrected chi connectivity index (χ1v) is 11.8. The monoisotopic (exact) mass is 471 g/mol. The van der Waals surface area contributed by atoms with Gasteiger partial charge in [-0.05, 0) is 61.4 Å². The van der Waals surface area contributed by atoms with E-state index >= 15 is 0 Å². The quantitative estimate of drug-likeness (QED) is 0.552. The van der Waals surface area contributed by atoms with Crippen molar-refractivity contribution in [2.75, 3.05) is 38.6 Å². The molecule has 1 aromatic carbocycles. The van der Waals surface area contributed by atoms with Crippen LogP contribution < -0.4 is 10.1 Å². The number of rotatable bonds is 9. The molecule has 3 atom stereocenters. The van der Waals surface area contributed by atoms with Gasteiger partial charge < -0.3 is 25.0 Å². The van der Waals surface area contributed by atoms with E-state index in [0.717, 1.165) is 19.0 Å². The Kier molecular flexibility index (Phi) is 7.42. The molecule has 2 aliphatic rings. The molecule has 0 saturated heterocycles. The van der Waals surface area contributed by atoms with E-state index in [1.165, 1.54) is 23.9 Å². The molecule has 1 aromatic heterocycles. The van der Waals surface area contributed by atoms with Crippen molar-refractivity contribution in [3.63, 3.8) is 0 Å². The topological polar surface area (TPSA) is 126 Å². The zero-order valence-corrected chi connectivity index (χ0v) is 19.9. The van der Waals surface area contributed by atoms with Gasteiger partial charge in [0.1, 0.15) is 24.7 Å². The van der Waals surface area contributed by atoms with Crippen LogP contribution in [0.15, 0.2) is 24.5 Å². The van der Waals surface area contributed by atoms with Gasteiger partial charge in [-0.15, -0.1) is 5.10 Å².